The standard InChI is InChI=1S/C32H26NO7/c1-37-31(35)28-13-6-14-30(39-28)40-29-18-21(15-16-22(29)19-34)8-7-17-33-32(36)38-20-27-25-11-4-2-9-23(25)24-10-3-5-12-26(24)27/h2-6,9-16,18-19,27-28,30H,17,20H2,1H3,(H,33,36)/t28-,30?/m0/s1. The van der Waals surface area contributed by atoms with Crippen molar-refractivity contribution >= 4 is 18.3 Å². The molecule has 5 rings (SSSR count). The van der Waals surface area contributed by atoms with Gasteiger partial charge in [0.15, 0.2) is 12.4 Å². The number of amides is 1. The molecule has 1 fully saturated rings. The molecule has 201 valence electrons. The maximum absolute atomic E-state index is 12.4. The highest BCUT2D eigenvalue weighted by molar-refractivity contribution is 5.80. The number of ether oxygens (including phenoxy) is 4. The topological polar surface area (TPSA) is 100 Å². The van der Waals surface area contributed by atoms with Gasteiger partial charge in [0.2, 0.25) is 6.29 Å². The van der Waals surface area contributed by atoms with Crippen molar-refractivity contribution in [1.29, 1.82) is 0 Å². The van der Waals surface area contributed by atoms with Gasteiger partial charge in [0, 0.05) is 24.3 Å². The molecule has 3 radical (unpaired) electrons. The molecule has 0 spiro atoms. The van der Waals surface area contributed by atoms with E-state index in [0.717, 1.165) is 22.3 Å². The monoisotopic (exact) mass is 536 g/mol. The molecule has 0 aromatic heterocycles. The zero-order valence-corrected chi connectivity index (χ0v) is 21.7. The zero-order chi connectivity index (χ0) is 27.9. The molecule has 8 heteroatoms. The molecule has 3 aromatic rings. The van der Waals surface area contributed by atoms with Gasteiger partial charge in [0.05, 0.1) is 19.2 Å². The summed E-state index contributed by atoms with van der Waals surface area (Å²) >= 11 is 0. The average molecular weight is 537 g/mol. The normalized spacial score (nSPS) is 17.4. The summed E-state index contributed by atoms with van der Waals surface area (Å²) in [5.74, 6) is 5.46. The third kappa shape index (κ3) is 6.00. The minimum Gasteiger partial charge on any atom is -0.467 e. The number of carbonyl (C=O) groups excluding carboxylic acids is 3. The molecule has 0 saturated carbocycles. The number of rotatable bonds is 7. The first-order valence-electron chi connectivity index (χ1n) is 12.7. The Morgan fingerprint density at radius 2 is 1.73 bits per heavy atom. The number of alkyl carbamates (subject to hydrolysis) is 1. The molecule has 2 aliphatic rings. The fourth-order valence-electron chi connectivity index (χ4n) is 4.66. The number of methoxy groups -OCH3 is 1. The van der Waals surface area contributed by atoms with E-state index in [1.807, 2.05) is 24.3 Å². The molecule has 3 aromatic carbocycles. The highest BCUT2D eigenvalue weighted by Gasteiger charge is 2.31. The van der Waals surface area contributed by atoms with Crippen LogP contribution in [0.5, 0.6) is 5.75 Å². The molecule has 1 heterocycles. The van der Waals surface area contributed by atoms with Crippen molar-refractivity contribution in [2.45, 2.75) is 18.3 Å². The van der Waals surface area contributed by atoms with Crippen molar-refractivity contribution in [1.82, 2.24) is 5.32 Å². The van der Waals surface area contributed by atoms with Crippen molar-refractivity contribution in [3.8, 4) is 28.7 Å². The Morgan fingerprint density at radius 3 is 2.42 bits per heavy atom. The lowest BCUT2D eigenvalue weighted by molar-refractivity contribution is -0.165. The highest BCUT2D eigenvalue weighted by Crippen LogP contribution is 2.44. The predicted octanol–water partition coefficient (Wildman–Crippen LogP) is 4.28. The van der Waals surface area contributed by atoms with E-state index in [0.29, 0.717) is 17.4 Å². The fraction of sp³-hybridized carbons (Fsp3) is 0.188. The van der Waals surface area contributed by atoms with Crippen LogP contribution < -0.4 is 10.1 Å². The lowest BCUT2D eigenvalue weighted by atomic mass is 9.98. The Kier molecular flexibility index (Phi) is 8.43. The summed E-state index contributed by atoms with van der Waals surface area (Å²) in [6.45, 7) is 0.279. The number of benzene rings is 3. The van der Waals surface area contributed by atoms with Crippen LogP contribution in [-0.2, 0) is 19.0 Å². The van der Waals surface area contributed by atoms with E-state index in [-0.39, 0.29) is 24.8 Å². The Morgan fingerprint density at radius 1 is 1.00 bits per heavy atom. The summed E-state index contributed by atoms with van der Waals surface area (Å²) in [7, 11) is 1.27. The van der Waals surface area contributed by atoms with E-state index in [1.165, 1.54) is 13.5 Å². The second-order valence-electron chi connectivity index (χ2n) is 8.99. The van der Waals surface area contributed by atoms with E-state index < -0.39 is 24.5 Å². The van der Waals surface area contributed by atoms with Gasteiger partial charge in [-0.1, -0.05) is 60.4 Å². The maximum Gasteiger partial charge on any atom is 0.407 e. The van der Waals surface area contributed by atoms with Crippen molar-refractivity contribution in [3.05, 3.63) is 108 Å². The summed E-state index contributed by atoms with van der Waals surface area (Å²) in [4.78, 5) is 35.6. The third-order valence-corrected chi connectivity index (χ3v) is 6.55. The summed E-state index contributed by atoms with van der Waals surface area (Å²) in [6, 6.07) is 21.1. The quantitative estimate of drug-likeness (QED) is 0.273. The van der Waals surface area contributed by atoms with Crippen LogP contribution in [0, 0.1) is 31.1 Å². The van der Waals surface area contributed by atoms with Crippen LogP contribution in [0.2, 0.25) is 0 Å². The number of aldehydes is 1. The minimum atomic E-state index is -0.911. The number of nitrogens with one attached hydrogen (secondary N) is 1. The summed E-state index contributed by atoms with van der Waals surface area (Å²) in [6.07, 6.45) is 3.06. The summed E-state index contributed by atoms with van der Waals surface area (Å²) < 4.78 is 21.6. The van der Waals surface area contributed by atoms with Gasteiger partial charge in [-0.15, -0.1) is 0 Å². The molecule has 0 bridgehead atoms. The van der Waals surface area contributed by atoms with Crippen LogP contribution in [0.1, 0.15) is 33.0 Å². The molecule has 1 aliphatic carbocycles. The van der Waals surface area contributed by atoms with Gasteiger partial charge in [0.1, 0.15) is 12.4 Å². The minimum absolute atomic E-state index is 0.0252. The molecular weight excluding hydrogens is 510 g/mol. The van der Waals surface area contributed by atoms with Crippen LogP contribution in [0.15, 0.2) is 66.7 Å². The molecule has 8 nitrogen and oxygen atoms in total. The lowest BCUT2D eigenvalue weighted by Crippen LogP contribution is -2.38. The smallest absolute Gasteiger partial charge is 0.407 e. The van der Waals surface area contributed by atoms with Crippen molar-refractivity contribution in [2.75, 3.05) is 20.3 Å². The second kappa shape index (κ2) is 12.5. The first kappa shape index (κ1) is 27.0. The van der Waals surface area contributed by atoms with Crippen LogP contribution >= 0.6 is 0 Å². The molecule has 40 heavy (non-hydrogen) atoms. The second-order valence-corrected chi connectivity index (χ2v) is 8.99. The molecule has 1 unspecified atom stereocenters. The Balaban J connectivity index is 1.15. The van der Waals surface area contributed by atoms with E-state index in [2.05, 4.69) is 41.4 Å². The SMILES string of the molecule is COC(=O)[C@@H]1[CH][CH][CH]C(Oc2cc(C#CCNC(=O)OCC3c4ccccc4-c4ccccc43)ccc2C=O)O1. The van der Waals surface area contributed by atoms with Crippen LogP contribution in [-0.4, -0.2) is 51.0 Å². The maximum atomic E-state index is 12.4. The largest absolute Gasteiger partial charge is 0.467 e. The zero-order valence-electron chi connectivity index (χ0n) is 21.7. The number of hydrogen-bond donors (Lipinski definition) is 1. The van der Waals surface area contributed by atoms with E-state index in [1.54, 1.807) is 31.0 Å². The lowest BCUT2D eigenvalue weighted by Gasteiger charge is -2.28. The first-order valence-corrected chi connectivity index (χ1v) is 12.7. The number of carbonyl (C=O) groups is 3. The Labute approximate surface area is 232 Å². The summed E-state index contributed by atoms with van der Waals surface area (Å²) in [5, 5.41) is 2.65. The highest BCUT2D eigenvalue weighted by atomic mass is 16.7. The van der Waals surface area contributed by atoms with E-state index in [9.17, 15) is 14.4 Å². The van der Waals surface area contributed by atoms with Crippen molar-refractivity contribution in [2.24, 2.45) is 0 Å². The van der Waals surface area contributed by atoms with Gasteiger partial charge in [-0.05, 0) is 46.9 Å². The number of hydrogen-bond acceptors (Lipinski definition) is 7. The predicted molar refractivity (Wildman–Crippen MR) is 146 cm³/mol. The number of esters is 1. The summed E-state index contributed by atoms with van der Waals surface area (Å²) in [5.41, 5.74) is 5.46. The molecule has 1 saturated heterocycles. The molecule has 1 amide bonds. The molecule has 2 atom stereocenters. The number of fused-ring (bicyclic) bond motifs is 3. The molecule has 1 aliphatic heterocycles. The molecule has 1 N–H and O–H groups in total. The van der Waals surface area contributed by atoms with E-state index >= 15 is 0 Å². The third-order valence-electron chi connectivity index (χ3n) is 6.55. The Hall–Kier alpha value is -4.61. The van der Waals surface area contributed by atoms with Crippen molar-refractivity contribution < 1.29 is 33.3 Å². The van der Waals surface area contributed by atoms with Gasteiger partial charge in [0.25, 0.3) is 0 Å². The molecular formula is C32H26NO7. The first-order chi connectivity index (χ1) is 19.6. The average Bonchev–Trinajstić information content (AvgIpc) is 3.31. The van der Waals surface area contributed by atoms with Gasteiger partial charge < -0.3 is 24.3 Å². The van der Waals surface area contributed by atoms with Crippen LogP contribution in [0.4, 0.5) is 4.79 Å². The fourth-order valence-corrected chi connectivity index (χ4v) is 4.66. The van der Waals surface area contributed by atoms with Crippen LogP contribution in [0.25, 0.3) is 11.1 Å². The van der Waals surface area contributed by atoms with E-state index in [4.69, 9.17) is 18.9 Å². The van der Waals surface area contributed by atoms with Crippen LogP contribution in [0.3, 0.4) is 0 Å². The van der Waals surface area contributed by atoms with Crippen molar-refractivity contribution in [3.63, 3.8) is 0 Å². The van der Waals surface area contributed by atoms with Gasteiger partial charge in [-0.25, -0.2) is 9.59 Å². The van der Waals surface area contributed by atoms with Gasteiger partial charge in [-0.3, -0.25) is 4.79 Å². The van der Waals surface area contributed by atoms with Gasteiger partial charge >= 0.3 is 12.1 Å². The van der Waals surface area contributed by atoms with Gasteiger partial charge in [-0.2, -0.15) is 0 Å². The Bertz CT molecular complexity index is 1430.